The Kier molecular flexibility index (Phi) is 6.94. The zero-order chi connectivity index (χ0) is 17.4. The van der Waals surface area contributed by atoms with Crippen LogP contribution < -0.4 is 15.4 Å². The highest BCUT2D eigenvalue weighted by Gasteiger charge is 2.05. The van der Waals surface area contributed by atoms with Crippen molar-refractivity contribution in [1.29, 1.82) is 0 Å². The molecule has 0 heterocycles. The molecule has 4 nitrogen and oxygen atoms in total. The maximum Gasteiger partial charge on any atom is 0.221 e. The molecule has 0 saturated carbocycles. The predicted octanol–water partition coefficient (Wildman–Crippen LogP) is 3.82. The van der Waals surface area contributed by atoms with Gasteiger partial charge < -0.3 is 15.4 Å². The van der Waals surface area contributed by atoms with Crippen molar-refractivity contribution in [1.82, 2.24) is 5.32 Å². The molecule has 0 aliphatic rings. The van der Waals surface area contributed by atoms with Crippen molar-refractivity contribution in [3.05, 3.63) is 58.6 Å². The minimum atomic E-state index is 0.0306. The van der Waals surface area contributed by atoms with Crippen molar-refractivity contribution in [3.63, 3.8) is 0 Å². The second-order valence-electron chi connectivity index (χ2n) is 5.61. The Morgan fingerprint density at radius 2 is 1.88 bits per heavy atom. The molecule has 0 spiro atoms. The lowest BCUT2D eigenvalue weighted by atomic mass is 10.1. The van der Waals surface area contributed by atoms with Gasteiger partial charge in [-0.25, -0.2) is 0 Å². The number of carbonyl (C=O) groups is 1. The first-order valence-corrected chi connectivity index (χ1v) is 8.36. The average Bonchev–Trinajstić information content (AvgIpc) is 2.57. The summed E-state index contributed by atoms with van der Waals surface area (Å²) in [6, 6.07) is 13.6. The topological polar surface area (TPSA) is 50.4 Å². The molecule has 2 aromatic carbocycles. The number of aryl methyl sites for hydroxylation is 1. The van der Waals surface area contributed by atoms with Gasteiger partial charge in [-0.05, 0) is 48.7 Å². The molecule has 2 aromatic rings. The van der Waals surface area contributed by atoms with Crippen molar-refractivity contribution in [2.24, 2.45) is 0 Å². The van der Waals surface area contributed by atoms with E-state index in [1.807, 2.05) is 49.4 Å². The van der Waals surface area contributed by atoms with E-state index in [-0.39, 0.29) is 5.91 Å². The second-order valence-corrected chi connectivity index (χ2v) is 6.04. The Morgan fingerprint density at radius 1 is 1.12 bits per heavy atom. The fraction of sp³-hybridized carbons (Fsp3) is 0.316. The smallest absolute Gasteiger partial charge is 0.221 e. The first-order chi connectivity index (χ1) is 11.6. The lowest BCUT2D eigenvalue weighted by molar-refractivity contribution is -0.120. The van der Waals surface area contributed by atoms with Gasteiger partial charge in [-0.3, -0.25) is 4.79 Å². The van der Waals surface area contributed by atoms with Crippen molar-refractivity contribution >= 4 is 23.2 Å². The van der Waals surface area contributed by atoms with Gasteiger partial charge in [-0.1, -0.05) is 29.8 Å². The van der Waals surface area contributed by atoms with Gasteiger partial charge in [0.15, 0.2) is 0 Å². The molecule has 0 radical (unpaired) electrons. The van der Waals surface area contributed by atoms with Crippen LogP contribution in [0.5, 0.6) is 5.75 Å². The van der Waals surface area contributed by atoms with Gasteiger partial charge in [0.1, 0.15) is 5.75 Å². The number of nitrogens with one attached hydrogen (secondary N) is 2. The quantitative estimate of drug-likeness (QED) is 0.764. The summed E-state index contributed by atoms with van der Waals surface area (Å²) >= 11 is 5.85. The monoisotopic (exact) mass is 346 g/mol. The van der Waals surface area contributed by atoms with Crippen LogP contribution in [0.2, 0.25) is 5.02 Å². The van der Waals surface area contributed by atoms with Gasteiger partial charge in [-0.15, -0.1) is 0 Å². The summed E-state index contributed by atoms with van der Waals surface area (Å²) in [6.45, 7) is 3.20. The molecular weight excluding hydrogens is 324 g/mol. The van der Waals surface area contributed by atoms with Crippen molar-refractivity contribution in [2.75, 3.05) is 25.5 Å². The molecule has 2 N–H and O–H groups in total. The normalized spacial score (nSPS) is 10.3. The maximum absolute atomic E-state index is 11.9. The Morgan fingerprint density at radius 3 is 2.58 bits per heavy atom. The van der Waals surface area contributed by atoms with E-state index in [4.69, 9.17) is 16.3 Å². The molecule has 0 bridgehead atoms. The summed E-state index contributed by atoms with van der Waals surface area (Å²) < 4.78 is 5.31. The molecule has 0 aliphatic heterocycles. The van der Waals surface area contributed by atoms with E-state index >= 15 is 0 Å². The predicted molar refractivity (Wildman–Crippen MR) is 99.0 cm³/mol. The van der Waals surface area contributed by atoms with Crippen LogP contribution >= 0.6 is 11.6 Å². The molecule has 128 valence electrons. The van der Waals surface area contributed by atoms with Crippen molar-refractivity contribution in [3.8, 4) is 5.75 Å². The Hall–Kier alpha value is -2.20. The molecule has 0 aliphatic carbocycles. The summed E-state index contributed by atoms with van der Waals surface area (Å²) in [5.74, 6) is 0.812. The number of hydrogen-bond donors (Lipinski definition) is 2. The SMILES string of the molecule is COc1ccc(C)cc1NCCC(=O)NCCc1ccc(Cl)cc1. The Bertz CT molecular complexity index is 672. The van der Waals surface area contributed by atoms with Gasteiger partial charge in [0.2, 0.25) is 5.91 Å². The third-order valence-corrected chi connectivity index (χ3v) is 3.92. The first-order valence-electron chi connectivity index (χ1n) is 7.98. The van der Waals surface area contributed by atoms with E-state index in [9.17, 15) is 4.79 Å². The van der Waals surface area contributed by atoms with Gasteiger partial charge in [-0.2, -0.15) is 0 Å². The fourth-order valence-corrected chi connectivity index (χ4v) is 2.48. The van der Waals surface area contributed by atoms with E-state index in [0.29, 0.717) is 19.5 Å². The third-order valence-electron chi connectivity index (χ3n) is 3.67. The van der Waals surface area contributed by atoms with Gasteiger partial charge in [0.25, 0.3) is 0 Å². The zero-order valence-electron chi connectivity index (χ0n) is 14.1. The van der Waals surface area contributed by atoms with E-state index in [1.54, 1.807) is 7.11 Å². The molecule has 1 amide bonds. The van der Waals surface area contributed by atoms with Crippen LogP contribution in [0.1, 0.15) is 17.5 Å². The fourth-order valence-electron chi connectivity index (χ4n) is 2.36. The number of ether oxygens (including phenoxy) is 1. The molecule has 0 unspecified atom stereocenters. The van der Waals surface area contributed by atoms with Crippen LogP contribution in [0.25, 0.3) is 0 Å². The molecule has 0 saturated heterocycles. The van der Waals surface area contributed by atoms with E-state index in [0.717, 1.165) is 34.0 Å². The molecule has 0 aromatic heterocycles. The van der Waals surface area contributed by atoms with Crippen molar-refractivity contribution in [2.45, 2.75) is 19.8 Å². The molecule has 2 rings (SSSR count). The number of carbonyl (C=O) groups excluding carboxylic acids is 1. The second kappa shape index (κ2) is 9.18. The molecular formula is C19H23ClN2O2. The standard InChI is InChI=1S/C19H23ClN2O2/c1-14-3-8-18(24-2)17(13-14)21-12-10-19(23)22-11-9-15-4-6-16(20)7-5-15/h3-8,13,21H,9-12H2,1-2H3,(H,22,23). The zero-order valence-corrected chi connectivity index (χ0v) is 14.8. The van der Waals surface area contributed by atoms with E-state index < -0.39 is 0 Å². The van der Waals surface area contributed by atoms with Gasteiger partial charge in [0, 0.05) is 24.5 Å². The van der Waals surface area contributed by atoms with Gasteiger partial charge in [0.05, 0.1) is 12.8 Å². The molecule has 0 fully saturated rings. The lowest BCUT2D eigenvalue weighted by Gasteiger charge is -2.12. The van der Waals surface area contributed by atoms with Crippen molar-refractivity contribution < 1.29 is 9.53 Å². The Labute approximate surface area is 148 Å². The largest absolute Gasteiger partial charge is 0.495 e. The van der Waals surface area contributed by atoms with Crippen LogP contribution in [0.4, 0.5) is 5.69 Å². The summed E-state index contributed by atoms with van der Waals surface area (Å²) in [5.41, 5.74) is 3.21. The number of rotatable bonds is 8. The van der Waals surface area contributed by atoms with Gasteiger partial charge >= 0.3 is 0 Å². The third kappa shape index (κ3) is 5.78. The highest BCUT2D eigenvalue weighted by molar-refractivity contribution is 6.30. The van der Waals surface area contributed by atoms with Crippen LogP contribution in [-0.2, 0) is 11.2 Å². The number of benzene rings is 2. The van der Waals surface area contributed by atoms with Crippen LogP contribution in [0.15, 0.2) is 42.5 Å². The summed E-state index contributed by atoms with van der Waals surface area (Å²) in [7, 11) is 1.64. The molecule has 0 atom stereocenters. The number of halogens is 1. The number of hydrogen-bond acceptors (Lipinski definition) is 3. The van der Waals surface area contributed by atoms with Crippen LogP contribution in [-0.4, -0.2) is 26.1 Å². The number of amides is 1. The minimum Gasteiger partial charge on any atom is -0.495 e. The molecule has 24 heavy (non-hydrogen) atoms. The average molecular weight is 347 g/mol. The van der Waals surface area contributed by atoms with Crippen LogP contribution in [0, 0.1) is 6.92 Å². The van der Waals surface area contributed by atoms with Crippen LogP contribution in [0.3, 0.4) is 0 Å². The number of anilines is 1. The minimum absolute atomic E-state index is 0.0306. The maximum atomic E-state index is 11.9. The van der Waals surface area contributed by atoms with E-state index in [2.05, 4.69) is 10.6 Å². The highest BCUT2D eigenvalue weighted by atomic mass is 35.5. The summed E-state index contributed by atoms with van der Waals surface area (Å²) in [4.78, 5) is 11.9. The van der Waals surface area contributed by atoms with E-state index in [1.165, 1.54) is 0 Å². The lowest BCUT2D eigenvalue weighted by Crippen LogP contribution is -2.27. The first kappa shape index (κ1) is 18.1. The molecule has 5 heteroatoms. The number of methoxy groups -OCH3 is 1. The summed E-state index contributed by atoms with van der Waals surface area (Å²) in [6.07, 6.45) is 1.21. The summed E-state index contributed by atoms with van der Waals surface area (Å²) in [5, 5.41) is 6.90. The highest BCUT2D eigenvalue weighted by Crippen LogP contribution is 2.24. The Balaban J connectivity index is 1.70.